The van der Waals surface area contributed by atoms with Crippen LogP contribution in [0.4, 0.5) is 10.5 Å². The van der Waals surface area contributed by atoms with Crippen LogP contribution in [0.15, 0.2) is 24.3 Å². The van der Waals surface area contributed by atoms with Gasteiger partial charge in [0.1, 0.15) is 5.78 Å². The second-order valence-corrected chi connectivity index (χ2v) is 4.74. The van der Waals surface area contributed by atoms with Crippen LogP contribution in [0.25, 0.3) is 0 Å². The van der Waals surface area contributed by atoms with Gasteiger partial charge in [0, 0.05) is 24.7 Å². The average Bonchev–Trinajstić information content (AvgIpc) is 2.64. The van der Waals surface area contributed by atoms with Crippen molar-refractivity contribution in [2.45, 2.75) is 32.7 Å². The molecule has 4 heteroatoms. The quantitative estimate of drug-likeness (QED) is 0.888. The molecule has 1 aromatic carbocycles. The monoisotopic (exact) mass is 246 g/mol. The van der Waals surface area contributed by atoms with E-state index in [1.807, 2.05) is 25.1 Å². The maximum Gasteiger partial charge on any atom is 0.322 e. The number of urea groups is 1. The molecule has 0 aromatic heterocycles. The minimum atomic E-state index is -0.117. The Balaban J connectivity index is 2.04. The van der Waals surface area contributed by atoms with Crippen LogP contribution in [-0.2, 0) is 11.2 Å². The molecule has 4 nitrogen and oxygen atoms in total. The van der Waals surface area contributed by atoms with E-state index in [4.69, 9.17) is 0 Å². The number of carbonyl (C=O) groups is 2. The lowest BCUT2D eigenvalue weighted by molar-refractivity contribution is -0.116. The van der Waals surface area contributed by atoms with E-state index in [0.29, 0.717) is 13.0 Å². The van der Waals surface area contributed by atoms with Crippen molar-refractivity contribution in [3.8, 4) is 0 Å². The summed E-state index contributed by atoms with van der Waals surface area (Å²) >= 11 is 0. The molecule has 1 unspecified atom stereocenters. The van der Waals surface area contributed by atoms with Crippen molar-refractivity contribution in [1.29, 1.82) is 0 Å². The summed E-state index contributed by atoms with van der Waals surface area (Å²) in [7, 11) is 0. The number of ketones is 1. The van der Waals surface area contributed by atoms with E-state index in [0.717, 1.165) is 12.1 Å². The number of Topliss-reactive ketones (excluding diaryl/α,β-unsaturated/α-hetero) is 1. The number of nitrogens with zero attached hydrogens (tertiary/aromatic N) is 1. The summed E-state index contributed by atoms with van der Waals surface area (Å²) in [6, 6.07) is 7.99. The van der Waals surface area contributed by atoms with Crippen molar-refractivity contribution in [3.63, 3.8) is 0 Å². The number of hydrogen-bond donors (Lipinski definition) is 1. The topological polar surface area (TPSA) is 49.4 Å². The largest absolute Gasteiger partial charge is 0.337 e. The molecule has 2 rings (SSSR count). The zero-order valence-electron chi connectivity index (χ0n) is 10.8. The Hall–Kier alpha value is -1.84. The van der Waals surface area contributed by atoms with Gasteiger partial charge in [-0.2, -0.15) is 0 Å². The highest BCUT2D eigenvalue weighted by Gasteiger charge is 2.30. The lowest BCUT2D eigenvalue weighted by Gasteiger charge is -2.22. The average molecular weight is 246 g/mol. The lowest BCUT2D eigenvalue weighted by Crippen LogP contribution is -2.43. The zero-order chi connectivity index (χ0) is 13.1. The molecule has 1 atom stereocenters. The first-order chi connectivity index (χ1) is 8.59. The van der Waals surface area contributed by atoms with E-state index >= 15 is 0 Å². The van der Waals surface area contributed by atoms with Crippen molar-refractivity contribution < 1.29 is 9.59 Å². The molecule has 1 heterocycles. The lowest BCUT2D eigenvalue weighted by atomic mass is 10.1. The third-order valence-corrected chi connectivity index (χ3v) is 3.18. The first-order valence-corrected chi connectivity index (χ1v) is 6.24. The highest BCUT2D eigenvalue weighted by molar-refractivity contribution is 5.95. The molecule has 0 spiro atoms. The summed E-state index contributed by atoms with van der Waals surface area (Å²) in [5.74, 6) is 0.0881. The van der Waals surface area contributed by atoms with Gasteiger partial charge >= 0.3 is 6.03 Å². The summed E-state index contributed by atoms with van der Waals surface area (Å²) in [5.41, 5.74) is 2.18. The number of nitrogens with one attached hydrogen (secondary N) is 1. The van der Waals surface area contributed by atoms with Gasteiger partial charge in [-0.05, 0) is 31.9 Å². The van der Waals surface area contributed by atoms with Crippen molar-refractivity contribution in [2.75, 3.05) is 11.4 Å². The highest BCUT2D eigenvalue weighted by Crippen LogP contribution is 2.31. The third kappa shape index (κ3) is 2.53. The number of anilines is 1. The van der Waals surface area contributed by atoms with Crippen LogP contribution in [0, 0.1) is 0 Å². The van der Waals surface area contributed by atoms with Crippen molar-refractivity contribution in [3.05, 3.63) is 29.8 Å². The van der Waals surface area contributed by atoms with E-state index in [2.05, 4.69) is 11.4 Å². The fourth-order valence-electron chi connectivity index (χ4n) is 2.31. The van der Waals surface area contributed by atoms with Crippen molar-refractivity contribution in [1.82, 2.24) is 5.32 Å². The molecule has 1 aromatic rings. The van der Waals surface area contributed by atoms with Gasteiger partial charge in [0.2, 0.25) is 0 Å². The fourth-order valence-corrected chi connectivity index (χ4v) is 2.31. The number of para-hydroxylation sites is 1. The molecular weight excluding hydrogens is 228 g/mol. The Bertz CT molecular complexity index is 471. The minimum absolute atomic E-state index is 0.0881. The number of carbonyl (C=O) groups excluding carboxylic acids is 2. The Morgan fingerprint density at radius 1 is 1.39 bits per heavy atom. The van der Waals surface area contributed by atoms with E-state index in [9.17, 15) is 9.59 Å². The summed E-state index contributed by atoms with van der Waals surface area (Å²) in [5, 5.41) is 2.79. The summed E-state index contributed by atoms with van der Waals surface area (Å²) in [6.07, 6.45) is 1.27. The summed E-state index contributed by atoms with van der Waals surface area (Å²) < 4.78 is 0. The van der Waals surface area contributed by atoms with Gasteiger partial charge in [-0.25, -0.2) is 4.79 Å². The van der Waals surface area contributed by atoms with Crippen molar-refractivity contribution >= 4 is 17.5 Å². The summed E-state index contributed by atoms with van der Waals surface area (Å²) in [6.45, 7) is 3.96. The normalized spacial score (nSPS) is 17.4. The first kappa shape index (κ1) is 12.6. The van der Waals surface area contributed by atoms with E-state index < -0.39 is 0 Å². The maximum atomic E-state index is 12.1. The molecule has 0 fully saturated rings. The minimum Gasteiger partial charge on any atom is -0.337 e. The van der Waals surface area contributed by atoms with Gasteiger partial charge in [-0.3, -0.25) is 9.69 Å². The molecule has 0 saturated carbocycles. The second kappa shape index (κ2) is 5.21. The van der Waals surface area contributed by atoms with Crippen LogP contribution in [0.3, 0.4) is 0 Å². The smallest absolute Gasteiger partial charge is 0.322 e. The van der Waals surface area contributed by atoms with E-state index in [-0.39, 0.29) is 17.9 Å². The zero-order valence-corrected chi connectivity index (χ0v) is 10.8. The van der Waals surface area contributed by atoms with Gasteiger partial charge in [0.15, 0.2) is 0 Å². The Kier molecular flexibility index (Phi) is 3.65. The molecule has 1 aliphatic rings. The highest BCUT2D eigenvalue weighted by atomic mass is 16.2. The van der Waals surface area contributed by atoms with Gasteiger partial charge in [0.25, 0.3) is 0 Å². The molecule has 0 saturated heterocycles. The second-order valence-electron chi connectivity index (χ2n) is 4.74. The van der Waals surface area contributed by atoms with E-state index in [1.54, 1.807) is 4.90 Å². The molecule has 0 radical (unpaired) electrons. The Morgan fingerprint density at radius 3 is 2.83 bits per heavy atom. The number of fused-ring (bicyclic) bond motifs is 1. The molecule has 1 N–H and O–H groups in total. The molecule has 96 valence electrons. The van der Waals surface area contributed by atoms with Crippen LogP contribution in [0.2, 0.25) is 0 Å². The summed E-state index contributed by atoms with van der Waals surface area (Å²) in [4.78, 5) is 24.7. The fraction of sp³-hybridized carbons (Fsp3) is 0.429. The van der Waals surface area contributed by atoms with Gasteiger partial charge < -0.3 is 5.32 Å². The van der Waals surface area contributed by atoms with Crippen LogP contribution in [0.5, 0.6) is 0 Å². The van der Waals surface area contributed by atoms with Crippen LogP contribution in [0.1, 0.15) is 25.8 Å². The Morgan fingerprint density at radius 2 is 2.11 bits per heavy atom. The molecule has 0 aliphatic carbocycles. The van der Waals surface area contributed by atoms with Gasteiger partial charge in [-0.1, -0.05) is 18.2 Å². The molecule has 1 aliphatic heterocycles. The number of benzene rings is 1. The third-order valence-electron chi connectivity index (χ3n) is 3.18. The standard InChI is InChI=1S/C14H18N2O2/c1-10-9-12-5-3-4-6-13(12)16(10)14(18)15-8-7-11(2)17/h3-6,10H,7-9H2,1-2H3,(H,15,18). The first-order valence-electron chi connectivity index (χ1n) is 6.24. The predicted octanol–water partition coefficient (Wildman–Crippen LogP) is 2.13. The van der Waals surface area contributed by atoms with Gasteiger partial charge in [-0.15, -0.1) is 0 Å². The number of amides is 2. The van der Waals surface area contributed by atoms with Crippen LogP contribution in [-0.4, -0.2) is 24.4 Å². The number of hydrogen-bond acceptors (Lipinski definition) is 2. The Labute approximate surface area is 107 Å². The van der Waals surface area contributed by atoms with Crippen LogP contribution < -0.4 is 10.2 Å². The number of rotatable bonds is 3. The molecule has 2 amide bonds. The molecular formula is C14H18N2O2. The predicted molar refractivity (Wildman–Crippen MR) is 70.8 cm³/mol. The molecule has 0 bridgehead atoms. The SMILES string of the molecule is CC(=O)CCNC(=O)N1c2ccccc2CC1C. The van der Waals surface area contributed by atoms with Crippen LogP contribution >= 0.6 is 0 Å². The van der Waals surface area contributed by atoms with Crippen molar-refractivity contribution in [2.24, 2.45) is 0 Å². The van der Waals surface area contributed by atoms with E-state index in [1.165, 1.54) is 12.5 Å². The van der Waals surface area contributed by atoms with Gasteiger partial charge in [0.05, 0.1) is 0 Å². The molecule has 18 heavy (non-hydrogen) atoms. The maximum absolute atomic E-state index is 12.1.